The van der Waals surface area contributed by atoms with E-state index in [9.17, 15) is 15.0 Å². The molecule has 0 saturated heterocycles. The number of thiophene rings is 1. The molecule has 2 saturated carbocycles. The first kappa shape index (κ1) is 22.0. The summed E-state index contributed by atoms with van der Waals surface area (Å²) in [5.74, 6) is 0.930. The maximum absolute atomic E-state index is 11.4. The Morgan fingerprint density at radius 2 is 2.00 bits per heavy atom. The molecule has 4 rings (SSSR count). The second kappa shape index (κ2) is 8.40. The molecule has 166 valence electrons. The van der Waals surface area contributed by atoms with Crippen LogP contribution in [0.1, 0.15) is 64.2 Å². The highest BCUT2D eigenvalue weighted by molar-refractivity contribution is 7.11. The number of esters is 1. The molecule has 3 aliphatic carbocycles. The highest BCUT2D eigenvalue weighted by Gasteiger charge is 2.56. The lowest BCUT2D eigenvalue weighted by Gasteiger charge is -2.56. The Bertz CT molecular complexity index is 787. The van der Waals surface area contributed by atoms with Gasteiger partial charge in [-0.25, -0.2) is 0 Å². The fourth-order valence-corrected chi connectivity index (χ4v) is 8.14. The molecule has 7 atom stereocenters. The van der Waals surface area contributed by atoms with Gasteiger partial charge in [0.25, 0.3) is 0 Å². The van der Waals surface area contributed by atoms with Gasteiger partial charge in [0.05, 0.1) is 0 Å². The second-order valence-electron chi connectivity index (χ2n) is 10.2. The lowest BCUT2D eigenvalue weighted by atomic mass is 9.49. The van der Waals surface area contributed by atoms with Crippen LogP contribution in [0.4, 0.5) is 0 Å². The maximum Gasteiger partial charge on any atom is 0.302 e. The van der Waals surface area contributed by atoms with E-state index in [2.05, 4.69) is 37.4 Å². The molecule has 1 aromatic heterocycles. The first-order chi connectivity index (χ1) is 14.3. The Morgan fingerprint density at radius 1 is 1.20 bits per heavy atom. The highest BCUT2D eigenvalue weighted by atomic mass is 32.1. The quantitative estimate of drug-likeness (QED) is 0.649. The molecule has 0 aliphatic heterocycles. The Labute approximate surface area is 184 Å². The van der Waals surface area contributed by atoms with Gasteiger partial charge < -0.3 is 14.9 Å². The predicted molar refractivity (Wildman–Crippen MR) is 120 cm³/mol. The molecule has 2 fully saturated rings. The summed E-state index contributed by atoms with van der Waals surface area (Å²) >= 11 is 1.82. The van der Waals surface area contributed by atoms with Crippen molar-refractivity contribution >= 4 is 22.9 Å². The first-order valence-corrected chi connectivity index (χ1v) is 12.3. The number of rotatable bonds is 5. The molecule has 1 aromatic rings. The van der Waals surface area contributed by atoms with E-state index in [1.165, 1.54) is 17.4 Å². The van der Waals surface area contributed by atoms with Gasteiger partial charge >= 0.3 is 5.97 Å². The largest absolute Gasteiger partial charge is 0.463 e. The van der Waals surface area contributed by atoms with E-state index in [-0.39, 0.29) is 48.0 Å². The molecule has 1 heterocycles. The van der Waals surface area contributed by atoms with Crippen LogP contribution >= 0.6 is 11.3 Å². The van der Waals surface area contributed by atoms with E-state index in [0.29, 0.717) is 11.8 Å². The zero-order valence-electron chi connectivity index (χ0n) is 18.5. The average molecular weight is 433 g/mol. The number of aliphatic hydroxyl groups excluding tert-OH is 2. The van der Waals surface area contributed by atoms with Gasteiger partial charge in [-0.1, -0.05) is 26.0 Å². The molecule has 3 aliphatic rings. The van der Waals surface area contributed by atoms with Crippen molar-refractivity contribution in [1.29, 1.82) is 0 Å². The molecule has 0 bridgehead atoms. The van der Waals surface area contributed by atoms with Crippen LogP contribution < -0.4 is 0 Å². The SMILES string of the molecule is CC(=O)OC1CCC(C)(C2CCC3(C)C(c4cccs4)=CCC3C2CO)C(CO)C1. The normalized spacial score (nSPS) is 41.2. The van der Waals surface area contributed by atoms with Crippen LogP contribution in [0.15, 0.2) is 23.6 Å². The van der Waals surface area contributed by atoms with Crippen LogP contribution in [-0.2, 0) is 9.53 Å². The molecular weight excluding hydrogens is 396 g/mol. The van der Waals surface area contributed by atoms with Crippen molar-refractivity contribution in [3.8, 4) is 0 Å². The third-order valence-corrected chi connectivity index (χ3v) is 9.80. The molecular formula is C25H36O4S. The standard InChI is InChI=1S/C25H36O4S/c1-16(28)29-18-8-10-24(2,17(13-18)14-26)21-9-11-25(3)20(19(21)15-27)6-7-22(25)23-5-4-12-30-23/h4-5,7,12,17-21,26-27H,6,8-11,13-15H2,1-3H3. The van der Waals surface area contributed by atoms with Crippen LogP contribution in [0.3, 0.4) is 0 Å². The van der Waals surface area contributed by atoms with Gasteiger partial charge in [0.2, 0.25) is 0 Å². The summed E-state index contributed by atoms with van der Waals surface area (Å²) in [6, 6.07) is 4.35. The molecule has 0 spiro atoms. The van der Waals surface area contributed by atoms with Crippen molar-refractivity contribution in [3.05, 3.63) is 28.5 Å². The van der Waals surface area contributed by atoms with E-state index in [1.54, 1.807) is 0 Å². The minimum atomic E-state index is -0.236. The second-order valence-corrected chi connectivity index (χ2v) is 11.2. The van der Waals surface area contributed by atoms with E-state index in [4.69, 9.17) is 4.74 Å². The Hall–Kier alpha value is -1.17. The number of ether oxygens (including phenoxy) is 1. The summed E-state index contributed by atoms with van der Waals surface area (Å²) < 4.78 is 5.49. The molecule has 0 radical (unpaired) electrons. The molecule has 0 aromatic carbocycles. The maximum atomic E-state index is 11.4. The summed E-state index contributed by atoms with van der Waals surface area (Å²) in [5, 5.41) is 23.0. The monoisotopic (exact) mass is 432 g/mol. The number of allylic oxidation sites excluding steroid dienone is 2. The van der Waals surface area contributed by atoms with Crippen molar-refractivity contribution in [2.45, 2.75) is 65.4 Å². The summed E-state index contributed by atoms with van der Waals surface area (Å²) in [6.07, 6.45) is 8.07. The van der Waals surface area contributed by atoms with Gasteiger partial charge in [-0.3, -0.25) is 4.79 Å². The number of hydrogen-bond donors (Lipinski definition) is 2. The summed E-state index contributed by atoms with van der Waals surface area (Å²) in [4.78, 5) is 12.8. The van der Waals surface area contributed by atoms with Crippen molar-refractivity contribution in [2.24, 2.45) is 34.5 Å². The van der Waals surface area contributed by atoms with Crippen molar-refractivity contribution in [3.63, 3.8) is 0 Å². The van der Waals surface area contributed by atoms with E-state index < -0.39 is 0 Å². The number of fused-ring (bicyclic) bond motifs is 1. The zero-order valence-corrected chi connectivity index (χ0v) is 19.3. The van der Waals surface area contributed by atoms with Crippen molar-refractivity contribution in [2.75, 3.05) is 13.2 Å². The van der Waals surface area contributed by atoms with E-state index >= 15 is 0 Å². The van der Waals surface area contributed by atoms with E-state index in [1.807, 2.05) is 11.3 Å². The fourth-order valence-electron chi connectivity index (χ4n) is 7.24. The molecule has 7 unspecified atom stereocenters. The van der Waals surface area contributed by atoms with Crippen LogP contribution in [-0.4, -0.2) is 35.5 Å². The van der Waals surface area contributed by atoms with E-state index in [0.717, 1.165) is 38.5 Å². The predicted octanol–water partition coefficient (Wildman–Crippen LogP) is 4.91. The number of hydrogen-bond acceptors (Lipinski definition) is 5. The molecule has 30 heavy (non-hydrogen) atoms. The number of aliphatic hydroxyl groups is 2. The van der Waals surface area contributed by atoms with Crippen LogP contribution in [0.2, 0.25) is 0 Å². The van der Waals surface area contributed by atoms with Gasteiger partial charge in [0.1, 0.15) is 6.10 Å². The fraction of sp³-hybridized carbons (Fsp3) is 0.720. The van der Waals surface area contributed by atoms with Crippen LogP contribution in [0.25, 0.3) is 5.57 Å². The van der Waals surface area contributed by atoms with Gasteiger partial charge in [-0.15, -0.1) is 11.3 Å². The lowest BCUT2D eigenvalue weighted by molar-refractivity contribution is -0.156. The third kappa shape index (κ3) is 3.57. The Morgan fingerprint density at radius 3 is 2.63 bits per heavy atom. The topological polar surface area (TPSA) is 66.8 Å². The van der Waals surface area contributed by atoms with Gasteiger partial charge in [0, 0.05) is 25.0 Å². The summed E-state index contributed by atoms with van der Waals surface area (Å²) in [6.45, 7) is 6.50. The Kier molecular flexibility index (Phi) is 6.17. The van der Waals surface area contributed by atoms with Crippen molar-refractivity contribution in [1.82, 2.24) is 0 Å². The Balaban J connectivity index is 1.57. The minimum absolute atomic E-state index is 0.0359. The van der Waals surface area contributed by atoms with Crippen molar-refractivity contribution < 1.29 is 19.7 Å². The summed E-state index contributed by atoms with van der Waals surface area (Å²) in [7, 11) is 0. The van der Waals surface area contributed by atoms with Crippen LogP contribution in [0, 0.1) is 34.5 Å². The molecule has 2 N–H and O–H groups in total. The zero-order chi connectivity index (χ0) is 21.5. The molecule has 0 amide bonds. The lowest BCUT2D eigenvalue weighted by Crippen LogP contribution is -2.52. The third-order valence-electron chi connectivity index (χ3n) is 8.90. The molecule has 4 nitrogen and oxygen atoms in total. The smallest absolute Gasteiger partial charge is 0.302 e. The van der Waals surface area contributed by atoms with Gasteiger partial charge in [-0.2, -0.15) is 0 Å². The average Bonchev–Trinajstić information content (AvgIpc) is 3.35. The number of carbonyl (C=O) groups excluding carboxylic acids is 1. The molecule has 5 heteroatoms. The minimum Gasteiger partial charge on any atom is -0.463 e. The summed E-state index contributed by atoms with van der Waals surface area (Å²) in [5.41, 5.74) is 1.56. The highest BCUT2D eigenvalue weighted by Crippen LogP contribution is 2.64. The van der Waals surface area contributed by atoms with Gasteiger partial charge in [0.15, 0.2) is 0 Å². The van der Waals surface area contributed by atoms with Gasteiger partial charge in [-0.05, 0) is 90.0 Å². The first-order valence-electron chi connectivity index (χ1n) is 11.5. The van der Waals surface area contributed by atoms with Crippen LogP contribution in [0.5, 0.6) is 0 Å². The number of carbonyl (C=O) groups is 1.